The average Bonchev–Trinajstić information content (AvgIpc) is 3.05. The van der Waals surface area contributed by atoms with E-state index in [9.17, 15) is 4.79 Å². The molecule has 0 aliphatic carbocycles. The van der Waals surface area contributed by atoms with Gasteiger partial charge in [0.2, 0.25) is 0 Å². The van der Waals surface area contributed by atoms with Crippen LogP contribution in [0.2, 0.25) is 0 Å². The fraction of sp³-hybridized carbons (Fsp3) is 0.500. The first-order valence-electron chi connectivity index (χ1n) is 6.23. The molecule has 2 aromatic rings. The molecule has 19 heavy (non-hydrogen) atoms. The summed E-state index contributed by atoms with van der Waals surface area (Å²) in [6, 6.07) is 1.63. The topological polar surface area (TPSA) is 85.8 Å². The van der Waals surface area contributed by atoms with Crippen LogP contribution >= 0.6 is 0 Å². The number of carbonyl (C=O) groups excluding carboxylic acids is 1. The summed E-state index contributed by atoms with van der Waals surface area (Å²) in [6.45, 7) is 5.16. The van der Waals surface area contributed by atoms with Crippen molar-refractivity contribution < 1.29 is 9.32 Å². The molecule has 0 spiro atoms. The molecule has 1 unspecified atom stereocenters. The zero-order valence-electron chi connectivity index (χ0n) is 10.9. The Labute approximate surface area is 110 Å². The standard InChI is InChI=1S/C12H15N5O2/c1-7-3-10(16-19-7)12(18)13-5-9-4-11-15-14-8(2)17(11)6-9/h3,9H,4-6H2,1-2H3,(H,13,18). The first kappa shape index (κ1) is 11.9. The maximum atomic E-state index is 11.8. The fourth-order valence-corrected chi connectivity index (χ4v) is 2.33. The van der Waals surface area contributed by atoms with Crippen molar-refractivity contribution >= 4 is 5.91 Å². The number of nitrogens with zero attached hydrogens (tertiary/aromatic N) is 4. The first-order chi connectivity index (χ1) is 9.13. The van der Waals surface area contributed by atoms with Crippen molar-refractivity contribution in [3.63, 3.8) is 0 Å². The highest BCUT2D eigenvalue weighted by Gasteiger charge is 2.25. The highest BCUT2D eigenvalue weighted by atomic mass is 16.5. The number of carbonyl (C=O) groups is 1. The third kappa shape index (κ3) is 2.23. The Morgan fingerprint density at radius 2 is 2.37 bits per heavy atom. The maximum absolute atomic E-state index is 11.8. The first-order valence-corrected chi connectivity index (χ1v) is 6.23. The lowest BCUT2D eigenvalue weighted by Crippen LogP contribution is -2.30. The summed E-state index contributed by atoms with van der Waals surface area (Å²) < 4.78 is 6.97. The van der Waals surface area contributed by atoms with Gasteiger partial charge in [-0.1, -0.05) is 5.16 Å². The van der Waals surface area contributed by atoms with Crippen molar-refractivity contribution in [2.45, 2.75) is 26.8 Å². The molecule has 2 aromatic heterocycles. The molecule has 3 rings (SSSR count). The Balaban J connectivity index is 1.56. The minimum Gasteiger partial charge on any atom is -0.361 e. The van der Waals surface area contributed by atoms with Gasteiger partial charge in [0.1, 0.15) is 17.4 Å². The SMILES string of the molecule is Cc1cc(C(=O)NCC2Cc3nnc(C)n3C2)no1. The van der Waals surface area contributed by atoms with Crippen LogP contribution in [0.15, 0.2) is 10.6 Å². The Morgan fingerprint density at radius 1 is 1.53 bits per heavy atom. The van der Waals surface area contributed by atoms with Crippen molar-refractivity contribution in [1.82, 2.24) is 25.2 Å². The van der Waals surface area contributed by atoms with E-state index in [4.69, 9.17) is 4.52 Å². The number of rotatable bonds is 3. The van der Waals surface area contributed by atoms with Crippen LogP contribution in [0.1, 0.15) is 27.9 Å². The molecule has 0 saturated heterocycles. The molecule has 3 heterocycles. The van der Waals surface area contributed by atoms with Crippen molar-refractivity contribution in [2.75, 3.05) is 6.54 Å². The van der Waals surface area contributed by atoms with Crippen LogP contribution in [0.5, 0.6) is 0 Å². The molecule has 1 N–H and O–H groups in total. The lowest BCUT2D eigenvalue weighted by molar-refractivity contribution is 0.0938. The van der Waals surface area contributed by atoms with Gasteiger partial charge in [0.15, 0.2) is 5.69 Å². The number of hydrogen-bond donors (Lipinski definition) is 1. The lowest BCUT2D eigenvalue weighted by atomic mass is 10.1. The van der Waals surface area contributed by atoms with E-state index < -0.39 is 0 Å². The monoisotopic (exact) mass is 261 g/mol. The van der Waals surface area contributed by atoms with Gasteiger partial charge in [0, 0.05) is 31.5 Å². The average molecular weight is 261 g/mol. The zero-order chi connectivity index (χ0) is 13.4. The van der Waals surface area contributed by atoms with Gasteiger partial charge in [-0.15, -0.1) is 10.2 Å². The Hall–Kier alpha value is -2.18. The number of aryl methyl sites for hydroxylation is 2. The van der Waals surface area contributed by atoms with E-state index in [0.29, 0.717) is 23.9 Å². The second-order valence-electron chi connectivity index (χ2n) is 4.88. The van der Waals surface area contributed by atoms with Crippen LogP contribution in [-0.4, -0.2) is 32.4 Å². The van der Waals surface area contributed by atoms with Crippen LogP contribution in [-0.2, 0) is 13.0 Å². The van der Waals surface area contributed by atoms with Crippen LogP contribution in [0.4, 0.5) is 0 Å². The molecule has 100 valence electrons. The summed E-state index contributed by atoms with van der Waals surface area (Å²) in [5, 5.41) is 14.7. The van der Waals surface area contributed by atoms with E-state index in [2.05, 4.69) is 25.2 Å². The Morgan fingerprint density at radius 3 is 3.05 bits per heavy atom. The van der Waals surface area contributed by atoms with Gasteiger partial charge >= 0.3 is 0 Å². The molecule has 1 atom stereocenters. The molecular weight excluding hydrogens is 246 g/mol. The summed E-state index contributed by atoms with van der Waals surface area (Å²) in [7, 11) is 0. The summed E-state index contributed by atoms with van der Waals surface area (Å²) in [4.78, 5) is 11.8. The van der Waals surface area contributed by atoms with E-state index in [1.807, 2.05) is 6.92 Å². The second kappa shape index (κ2) is 4.49. The fourth-order valence-electron chi connectivity index (χ4n) is 2.33. The van der Waals surface area contributed by atoms with E-state index in [1.165, 1.54) is 0 Å². The quantitative estimate of drug-likeness (QED) is 0.868. The molecule has 1 aliphatic rings. The van der Waals surface area contributed by atoms with Crippen molar-refractivity contribution in [1.29, 1.82) is 0 Å². The number of fused-ring (bicyclic) bond motifs is 1. The molecule has 1 aliphatic heterocycles. The molecular formula is C12H15N5O2. The van der Waals surface area contributed by atoms with Gasteiger partial charge < -0.3 is 14.4 Å². The molecule has 7 nitrogen and oxygen atoms in total. The van der Waals surface area contributed by atoms with Gasteiger partial charge in [-0.2, -0.15) is 0 Å². The molecule has 1 amide bonds. The molecule has 0 radical (unpaired) electrons. The van der Waals surface area contributed by atoms with Gasteiger partial charge in [0.25, 0.3) is 5.91 Å². The number of hydrogen-bond acceptors (Lipinski definition) is 5. The third-order valence-electron chi connectivity index (χ3n) is 3.34. The minimum absolute atomic E-state index is 0.198. The van der Waals surface area contributed by atoms with Crippen LogP contribution < -0.4 is 5.32 Å². The molecule has 0 aromatic carbocycles. The zero-order valence-corrected chi connectivity index (χ0v) is 10.9. The molecule has 7 heteroatoms. The van der Waals surface area contributed by atoms with Crippen LogP contribution in [0, 0.1) is 19.8 Å². The van der Waals surface area contributed by atoms with Crippen molar-refractivity contribution in [2.24, 2.45) is 5.92 Å². The predicted molar refractivity (Wildman–Crippen MR) is 65.5 cm³/mol. The predicted octanol–water partition coefficient (Wildman–Crippen LogP) is 0.485. The minimum atomic E-state index is -0.198. The summed E-state index contributed by atoms with van der Waals surface area (Å²) in [6.07, 6.45) is 0.846. The number of aromatic nitrogens is 4. The van der Waals surface area contributed by atoms with Crippen molar-refractivity contribution in [3.8, 4) is 0 Å². The normalized spacial score (nSPS) is 17.5. The highest BCUT2D eigenvalue weighted by molar-refractivity contribution is 5.92. The molecule has 0 bridgehead atoms. The highest BCUT2D eigenvalue weighted by Crippen LogP contribution is 2.19. The van der Waals surface area contributed by atoms with E-state index >= 15 is 0 Å². The molecule has 0 saturated carbocycles. The van der Waals surface area contributed by atoms with E-state index in [-0.39, 0.29) is 5.91 Å². The summed E-state index contributed by atoms with van der Waals surface area (Å²) >= 11 is 0. The van der Waals surface area contributed by atoms with Gasteiger partial charge in [-0.3, -0.25) is 4.79 Å². The number of amides is 1. The summed E-state index contributed by atoms with van der Waals surface area (Å²) in [5.41, 5.74) is 0.325. The van der Waals surface area contributed by atoms with Gasteiger partial charge in [-0.25, -0.2) is 0 Å². The lowest BCUT2D eigenvalue weighted by Gasteiger charge is -2.09. The number of nitrogens with one attached hydrogen (secondary N) is 1. The van der Waals surface area contributed by atoms with E-state index in [1.54, 1.807) is 13.0 Å². The van der Waals surface area contributed by atoms with E-state index in [0.717, 1.165) is 24.6 Å². The smallest absolute Gasteiger partial charge is 0.273 e. The summed E-state index contributed by atoms with van der Waals surface area (Å²) in [5.74, 6) is 2.72. The maximum Gasteiger partial charge on any atom is 0.273 e. The Kier molecular flexibility index (Phi) is 2.81. The molecule has 0 fully saturated rings. The van der Waals surface area contributed by atoms with Crippen LogP contribution in [0.25, 0.3) is 0 Å². The van der Waals surface area contributed by atoms with Crippen molar-refractivity contribution in [3.05, 3.63) is 29.2 Å². The largest absolute Gasteiger partial charge is 0.361 e. The van der Waals surface area contributed by atoms with Gasteiger partial charge in [0.05, 0.1) is 0 Å². The van der Waals surface area contributed by atoms with Gasteiger partial charge in [-0.05, 0) is 13.8 Å². The second-order valence-corrected chi connectivity index (χ2v) is 4.88. The third-order valence-corrected chi connectivity index (χ3v) is 3.34. The van der Waals surface area contributed by atoms with Crippen LogP contribution in [0.3, 0.4) is 0 Å². The Bertz CT molecular complexity index is 615.